The van der Waals surface area contributed by atoms with Gasteiger partial charge in [0.2, 0.25) is 0 Å². The zero-order valence-corrected chi connectivity index (χ0v) is 10.5. The summed E-state index contributed by atoms with van der Waals surface area (Å²) in [6.45, 7) is 6.50. The summed E-state index contributed by atoms with van der Waals surface area (Å²) in [6.07, 6.45) is 2.49. The van der Waals surface area contributed by atoms with Crippen molar-refractivity contribution in [3.8, 4) is 0 Å². The largest absolute Gasteiger partial charge is 0.342 e. The van der Waals surface area contributed by atoms with Gasteiger partial charge in [-0.15, -0.1) is 0 Å². The van der Waals surface area contributed by atoms with Crippen molar-refractivity contribution >= 4 is 11.0 Å². The van der Waals surface area contributed by atoms with E-state index in [1.807, 2.05) is 0 Å². The maximum atomic E-state index is 4.74. The second-order valence-corrected chi connectivity index (χ2v) is 5.12. The molecule has 1 unspecified atom stereocenters. The van der Waals surface area contributed by atoms with Crippen LogP contribution in [-0.2, 0) is 0 Å². The van der Waals surface area contributed by atoms with Crippen molar-refractivity contribution in [3.63, 3.8) is 0 Å². The number of nitrogens with zero attached hydrogens (tertiary/aromatic N) is 1. The first kappa shape index (κ1) is 10.8. The molecule has 1 aromatic heterocycles. The fourth-order valence-electron chi connectivity index (χ4n) is 2.57. The maximum Gasteiger partial charge on any atom is 0.111 e. The van der Waals surface area contributed by atoms with E-state index >= 15 is 0 Å². The molecule has 1 fully saturated rings. The van der Waals surface area contributed by atoms with Crippen molar-refractivity contribution in [2.75, 3.05) is 13.1 Å². The molecule has 3 heteroatoms. The maximum absolute atomic E-state index is 4.74. The van der Waals surface area contributed by atoms with Crippen molar-refractivity contribution in [2.45, 2.75) is 32.6 Å². The molecular weight excluding hydrogens is 210 g/mol. The van der Waals surface area contributed by atoms with Crippen molar-refractivity contribution in [1.82, 2.24) is 15.3 Å². The fraction of sp³-hybridized carbons (Fsp3) is 0.500. The monoisotopic (exact) mass is 229 g/mol. The van der Waals surface area contributed by atoms with Crippen LogP contribution in [0, 0.1) is 13.8 Å². The van der Waals surface area contributed by atoms with Gasteiger partial charge in [-0.1, -0.05) is 0 Å². The predicted octanol–water partition coefficient (Wildman–Crippen LogP) is 2.65. The van der Waals surface area contributed by atoms with Gasteiger partial charge in [-0.3, -0.25) is 0 Å². The normalized spacial score (nSPS) is 20.9. The molecule has 2 heterocycles. The van der Waals surface area contributed by atoms with Gasteiger partial charge in [0.1, 0.15) is 5.82 Å². The third-order valence-corrected chi connectivity index (χ3v) is 3.80. The molecule has 1 aromatic carbocycles. The quantitative estimate of drug-likeness (QED) is 0.789. The van der Waals surface area contributed by atoms with Crippen LogP contribution >= 0.6 is 0 Å². The number of aromatic amines is 1. The topological polar surface area (TPSA) is 40.7 Å². The zero-order chi connectivity index (χ0) is 11.8. The predicted molar refractivity (Wildman–Crippen MR) is 70.4 cm³/mol. The van der Waals surface area contributed by atoms with Gasteiger partial charge in [-0.25, -0.2) is 4.98 Å². The molecule has 3 rings (SSSR count). The Morgan fingerprint density at radius 2 is 2.06 bits per heavy atom. The lowest BCUT2D eigenvalue weighted by Gasteiger charge is -2.20. The van der Waals surface area contributed by atoms with E-state index in [0.717, 1.165) is 24.4 Å². The van der Waals surface area contributed by atoms with Crippen LogP contribution < -0.4 is 5.32 Å². The number of H-pyrrole nitrogens is 1. The first-order valence-corrected chi connectivity index (χ1v) is 6.41. The molecule has 0 radical (unpaired) electrons. The summed E-state index contributed by atoms with van der Waals surface area (Å²) in [5, 5.41) is 3.44. The average Bonchev–Trinajstić information content (AvgIpc) is 2.74. The van der Waals surface area contributed by atoms with Gasteiger partial charge in [0, 0.05) is 12.5 Å². The smallest absolute Gasteiger partial charge is 0.111 e. The summed E-state index contributed by atoms with van der Waals surface area (Å²) in [7, 11) is 0. The first-order chi connectivity index (χ1) is 8.24. The number of fused-ring (bicyclic) bond motifs is 1. The summed E-state index contributed by atoms with van der Waals surface area (Å²) in [4.78, 5) is 8.22. The minimum Gasteiger partial charge on any atom is -0.342 e. The van der Waals surface area contributed by atoms with Crippen molar-refractivity contribution in [2.24, 2.45) is 0 Å². The Labute approximate surface area is 102 Å². The lowest BCUT2D eigenvalue weighted by Crippen LogP contribution is -2.28. The molecule has 1 atom stereocenters. The van der Waals surface area contributed by atoms with E-state index in [1.165, 1.54) is 29.5 Å². The van der Waals surface area contributed by atoms with E-state index < -0.39 is 0 Å². The van der Waals surface area contributed by atoms with Crippen LogP contribution in [0.5, 0.6) is 0 Å². The average molecular weight is 229 g/mol. The van der Waals surface area contributed by atoms with E-state index in [1.54, 1.807) is 0 Å². The Kier molecular flexibility index (Phi) is 2.63. The molecule has 1 saturated heterocycles. The molecule has 0 spiro atoms. The van der Waals surface area contributed by atoms with Crippen molar-refractivity contribution in [3.05, 3.63) is 29.1 Å². The molecular formula is C14H19N3. The van der Waals surface area contributed by atoms with E-state index in [4.69, 9.17) is 4.98 Å². The summed E-state index contributed by atoms with van der Waals surface area (Å²) < 4.78 is 0. The number of hydrogen-bond acceptors (Lipinski definition) is 2. The molecule has 0 amide bonds. The van der Waals surface area contributed by atoms with E-state index in [9.17, 15) is 0 Å². The molecule has 3 nitrogen and oxygen atoms in total. The first-order valence-electron chi connectivity index (χ1n) is 6.41. The van der Waals surface area contributed by atoms with Crippen LogP contribution in [-0.4, -0.2) is 23.1 Å². The minimum absolute atomic E-state index is 0.553. The van der Waals surface area contributed by atoms with Crippen LogP contribution in [0.25, 0.3) is 11.0 Å². The fourth-order valence-corrected chi connectivity index (χ4v) is 2.57. The molecule has 90 valence electrons. The molecule has 0 saturated carbocycles. The Balaban J connectivity index is 2.00. The zero-order valence-electron chi connectivity index (χ0n) is 10.5. The highest BCUT2D eigenvalue weighted by molar-refractivity contribution is 5.77. The lowest BCUT2D eigenvalue weighted by atomic mass is 9.99. The third-order valence-electron chi connectivity index (χ3n) is 3.80. The molecule has 2 N–H and O–H groups in total. The van der Waals surface area contributed by atoms with Crippen molar-refractivity contribution < 1.29 is 0 Å². The number of rotatable bonds is 1. The Bertz CT molecular complexity index is 497. The second kappa shape index (κ2) is 4.15. The van der Waals surface area contributed by atoms with Gasteiger partial charge in [0.15, 0.2) is 0 Å². The summed E-state index contributed by atoms with van der Waals surface area (Å²) in [6, 6.07) is 4.39. The SMILES string of the molecule is Cc1cc2nc(C3CCCNC3)[nH]c2cc1C. The minimum atomic E-state index is 0.553. The molecule has 1 aliphatic rings. The second-order valence-electron chi connectivity index (χ2n) is 5.12. The van der Waals surface area contributed by atoms with Gasteiger partial charge >= 0.3 is 0 Å². The molecule has 1 aliphatic heterocycles. The standard InChI is InChI=1S/C14H19N3/c1-9-6-12-13(7-10(9)2)17-14(16-12)11-4-3-5-15-8-11/h6-7,11,15H,3-5,8H2,1-2H3,(H,16,17). The van der Waals surface area contributed by atoms with Crippen LogP contribution in [0.4, 0.5) is 0 Å². The number of hydrogen-bond donors (Lipinski definition) is 2. The number of imidazole rings is 1. The van der Waals surface area contributed by atoms with Crippen LogP contribution in [0.1, 0.15) is 35.7 Å². The summed E-state index contributed by atoms with van der Waals surface area (Å²) in [5.74, 6) is 1.70. The van der Waals surface area contributed by atoms with Crippen LogP contribution in [0.15, 0.2) is 12.1 Å². The van der Waals surface area contributed by atoms with Gasteiger partial charge in [-0.2, -0.15) is 0 Å². The van der Waals surface area contributed by atoms with E-state index in [0.29, 0.717) is 5.92 Å². The van der Waals surface area contributed by atoms with Gasteiger partial charge in [0.25, 0.3) is 0 Å². The van der Waals surface area contributed by atoms with E-state index in [2.05, 4.69) is 36.3 Å². The summed E-state index contributed by atoms with van der Waals surface area (Å²) in [5.41, 5.74) is 4.93. The highest BCUT2D eigenvalue weighted by Crippen LogP contribution is 2.24. The third kappa shape index (κ3) is 1.95. The number of piperidine rings is 1. The van der Waals surface area contributed by atoms with Gasteiger partial charge < -0.3 is 10.3 Å². The molecule has 2 aromatic rings. The molecule has 0 bridgehead atoms. The highest BCUT2D eigenvalue weighted by Gasteiger charge is 2.18. The van der Waals surface area contributed by atoms with Gasteiger partial charge in [-0.05, 0) is 56.5 Å². The Morgan fingerprint density at radius 1 is 1.24 bits per heavy atom. The molecule has 0 aliphatic carbocycles. The van der Waals surface area contributed by atoms with E-state index in [-0.39, 0.29) is 0 Å². The van der Waals surface area contributed by atoms with Crippen LogP contribution in [0.2, 0.25) is 0 Å². The highest BCUT2D eigenvalue weighted by atomic mass is 15.0. The van der Waals surface area contributed by atoms with Crippen molar-refractivity contribution in [1.29, 1.82) is 0 Å². The summed E-state index contributed by atoms with van der Waals surface area (Å²) >= 11 is 0. The number of benzene rings is 1. The number of nitrogens with one attached hydrogen (secondary N) is 2. The Hall–Kier alpha value is -1.35. The lowest BCUT2D eigenvalue weighted by molar-refractivity contribution is 0.449. The molecule has 17 heavy (non-hydrogen) atoms. The Morgan fingerprint density at radius 3 is 2.82 bits per heavy atom. The number of aromatic nitrogens is 2. The number of aryl methyl sites for hydroxylation is 2. The van der Waals surface area contributed by atoms with Crippen LogP contribution in [0.3, 0.4) is 0 Å². The van der Waals surface area contributed by atoms with Gasteiger partial charge in [0.05, 0.1) is 11.0 Å².